The number of aromatic nitrogens is 2. The van der Waals surface area contributed by atoms with Gasteiger partial charge in [-0.3, -0.25) is 4.90 Å². The van der Waals surface area contributed by atoms with Crippen LogP contribution in [0.1, 0.15) is 37.1 Å². The topological polar surface area (TPSA) is 134 Å². The normalized spacial score (nSPS) is 21.4. The van der Waals surface area contributed by atoms with Crippen LogP contribution in [0.25, 0.3) is 0 Å². The lowest BCUT2D eigenvalue weighted by atomic mass is 10.00. The second-order valence-electron chi connectivity index (χ2n) is 12.2. The molecule has 12 nitrogen and oxygen atoms in total. The molecule has 0 bridgehead atoms. The molecule has 0 spiro atoms. The fourth-order valence-corrected chi connectivity index (χ4v) is 6.57. The van der Waals surface area contributed by atoms with E-state index in [1.807, 2.05) is 42.5 Å². The van der Waals surface area contributed by atoms with Crippen molar-refractivity contribution in [2.75, 3.05) is 33.1 Å². The molecule has 0 aliphatic carbocycles. The molecule has 4 heterocycles. The molecule has 46 heavy (non-hydrogen) atoms. The predicted octanol–water partition coefficient (Wildman–Crippen LogP) is 4.42. The summed E-state index contributed by atoms with van der Waals surface area (Å²) in [5, 5.41) is 18.6. The highest BCUT2D eigenvalue weighted by Gasteiger charge is 2.44. The molecular formula is C32H39ClN4O8S. The van der Waals surface area contributed by atoms with Crippen molar-refractivity contribution in [1.82, 2.24) is 19.8 Å². The Labute approximate surface area is 277 Å². The van der Waals surface area contributed by atoms with E-state index >= 15 is 0 Å². The Morgan fingerprint density at radius 2 is 1.93 bits per heavy atom. The Bertz CT molecular complexity index is 1460. The number of hydrogen-bond acceptors (Lipinski definition) is 12. The van der Waals surface area contributed by atoms with Crippen LogP contribution in [0.4, 0.5) is 4.79 Å². The van der Waals surface area contributed by atoms with Gasteiger partial charge in [0.1, 0.15) is 28.5 Å². The van der Waals surface area contributed by atoms with Crippen molar-refractivity contribution in [2.24, 2.45) is 11.8 Å². The molecule has 2 N–H and O–H groups in total. The van der Waals surface area contributed by atoms with Crippen LogP contribution in [0.15, 0.2) is 42.5 Å². The third-order valence-electron chi connectivity index (χ3n) is 8.19. The van der Waals surface area contributed by atoms with Crippen molar-refractivity contribution >= 4 is 29.2 Å². The largest absolute Gasteiger partial charge is 0.487 e. The van der Waals surface area contributed by atoms with E-state index in [-0.39, 0.29) is 32.2 Å². The van der Waals surface area contributed by atoms with E-state index in [1.165, 1.54) is 0 Å². The summed E-state index contributed by atoms with van der Waals surface area (Å²) in [5.41, 5.74) is 2.53. The van der Waals surface area contributed by atoms with Crippen LogP contribution in [-0.4, -0.2) is 83.3 Å². The van der Waals surface area contributed by atoms with Crippen molar-refractivity contribution in [3.63, 3.8) is 0 Å². The average Bonchev–Trinajstić information content (AvgIpc) is 3.83. The zero-order valence-electron chi connectivity index (χ0n) is 25.8. The number of amides is 1. The molecule has 14 heteroatoms. The summed E-state index contributed by atoms with van der Waals surface area (Å²) in [5.74, 6) is 2.45. The molecule has 1 aromatic heterocycles. The van der Waals surface area contributed by atoms with Gasteiger partial charge in [-0.1, -0.05) is 48.1 Å². The number of benzene rings is 2. The number of halogens is 1. The lowest BCUT2D eigenvalue weighted by molar-refractivity contribution is -0.0907. The third kappa shape index (κ3) is 8.38. The molecule has 248 valence electrons. The maximum absolute atomic E-state index is 13.2. The molecule has 5 atom stereocenters. The second-order valence-corrected chi connectivity index (χ2v) is 13.5. The summed E-state index contributed by atoms with van der Waals surface area (Å²) in [6.45, 7) is 7.23. The summed E-state index contributed by atoms with van der Waals surface area (Å²) in [6, 6.07) is 12.7. The van der Waals surface area contributed by atoms with Gasteiger partial charge in [-0.05, 0) is 54.2 Å². The van der Waals surface area contributed by atoms with Crippen molar-refractivity contribution < 1.29 is 38.3 Å². The van der Waals surface area contributed by atoms with Gasteiger partial charge in [0.15, 0.2) is 17.8 Å². The smallest absolute Gasteiger partial charge is 0.407 e. The Morgan fingerprint density at radius 1 is 1.13 bits per heavy atom. The van der Waals surface area contributed by atoms with Crippen LogP contribution in [-0.2, 0) is 33.8 Å². The number of aliphatic hydroxyl groups is 1. The predicted molar refractivity (Wildman–Crippen MR) is 169 cm³/mol. The number of ether oxygens (including phenoxy) is 6. The molecule has 0 saturated carbocycles. The van der Waals surface area contributed by atoms with Gasteiger partial charge in [0.2, 0.25) is 6.79 Å². The number of nitrogens with zero attached hydrogens (tertiary/aromatic N) is 3. The minimum atomic E-state index is -0.905. The number of rotatable bonds is 14. The number of fused-ring (bicyclic) bond motifs is 2. The fourth-order valence-electron chi connectivity index (χ4n) is 5.97. The number of alkyl carbamates (subject to hydrolysis) is 1. The maximum Gasteiger partial charge on any atom is 0.407 e. The van der Waals surface area contributed by atoms with Crippen LogP contribution >= 0.6 is 23.1 Å². The fraction of sp³-hybridized carbons (Fsp3) is 0.531. The standard InChI is InChI=1S/C32H39ClN4O8S/c1-19(2)13-37(14-21-5-8-27-28(12-21)44-18-43-27)15-26(38)24(34-32(39)45-29-17-42-31-23(29)9-10-40-31)11-20-3-6-22(7-4-20)41-16-25-30(33)46-36-35-25/h3-8,12,19,23-24,26,29,31,38H,9-11,13-18H2,1-2H3,(H,34,39)/t23-,24-,26+,29-,31+/m0/s1. The Kier molecular flexibility index (Phi) is 10.8. The van der Waals surface area contributed by atoms with E-state index in [9.17, 15) is 9.90 Å². The van der Waals surface area contributed by atoms with E-state index in [2.05, 4.69) is 33.7 Å². The zero-order chi connectivity index (χ0) is 32.0. The van der Waals surface area contributed by atoms with Crippen molar-refractivity contribution in [1.29, 1.82) is 0 Å². The number of carbonyl (C=O) groups excluding carboxylic acids is 1. The third-order valence-corrected chi connectivity index (χ3v) is 9.17. The molecule has 2 aromatic carbocycles. The Balaban J connectivity index is 1.13. The number of nitrogens with one attached hydrogen (secondary N) is 1. The zero-order valence-corrected chi connectivity index (χ0v) is 27.4. The first kappa shape index (κ1) is 32.7. The summed E-state index contributed by atoms with van der Waals surface area (Å²) in [7, 11) is 0. The number of aliphatic hydroxyl groups excluding tert-OH is 1. The van der Waals surface area contributed by atoms with Gasteiger partial charge in [0.05, 0.1) is 31.3 Å². The summed E-state index contributed by atoms with van der Waals surface area (Å²) < 4.78 is 38.2. The number of carbonyl (C=O) groups is 1. The maximum atomic E-state index is 13.2. The van der Waals surface area contributed by atoms with Crippen LogP contribution in [0.5, 0.6) is 17.2 Å². The van der Waals surface area contributed by atoms with Crippen molar-refractivity contribution in [2.45, 2.75) is 64.4 Å². The molecule has 6 rings (SSSR count). The highest BCUT2D eigenvalue weighted by atomic mass is 35.5. The minimum Gasteiger partial charge on any atom is -0.487 e. The number of hydrogen-bond donors (Lipinski definition) is 2. The molecular weight excluding hydrogens is 636 g/mol. The molecule has 3 aliphatic heterocycles. The molecule has 0 unspecified atom stereocenters. The van der Waals surface area contributed by atoms with E-state index in [4.69, 9.17) is 40.0 Å². The highest BCUT2D eigenvalue weighted by Crippen LogP contribution is 2.34. The first-order valence-corrected chi connectivity index (χ1v) is 16.6. The van der Waals surface area contributed by atoms with Gasteiger partial charge < -0.3 is 38.8 Å². The van der Waals surface area contributed by atoms with Gasteiger partial charge in [0, 0.05) is 31.2 Å². The van der Waals surface area contributed by atoms with E-state index in [0.717, 1.165) is 47.1 Å². The van der Waals surface area contributed by atoms with Crippen LogP contribution < -0.4 is 19.5 Å². The molecule has 3 aliphatic rings. The quantitative estimate of drug-likeness (QED) is 0.252. The van der Waals surface area contributed by atoms with Gasteiger partial charge in [-0.25, -0.2) is 4.79 Å². The molecule has 0 radical (unpaired) electrons. The summed E-state index contributed by atoms with van der Waals surface area (Å²) in [4.78, 5) is 15.4. The molecule has 1 amide bonds. The van der Waals surface area contributed by atoms with Crippen molar-refractivity contribution in [3.8, 4) is 17.2 Å². The van der Waals surface area contributed by atoms with Gasteiger partial charge in [-0.15, -0.1) is 5.10 Å². The van der Waals surface area contributed by atoms with Gasteiger partial charge in [0.25, 0.3) is 0 Å². The SMILES string of the molecule is CC(C)CN(Cc1ccc2c(c1)OCO2)C[C@@H](O)[C@H](Cc1ccc(OCc2nnsc2Cl)cc1)NC(=O)O[C@H]1CO[C@H]2OCC[C@H]21. The summed E-state index contributed by atoms with van der Waals surface area (Å²) in [6.07, 6.45) is -1.08. The first-order valence-electron chi connectivity index (χ1n) is 15.5. The lowest BCUT2D eigenvalue weighted by Crippen LogP contribution is -2.50. The highest BCUT2D eigenvalue weighted by molar-refractivity contribution is 7.10. The van der Waals surface area contributed by atoms with Gasteiger partial charge in [-0.2, -0.15) is 0 Å². The van der Waals surface area contributed by atoms with E-state index in [0.29, 0.717) is 47.8 Å². The van der Waals surface area contributed by atoms with Crippen LogP contribution in [0.3, 0.4) is 0 Å². The summed E-state index contributed by atoms with van der Waals surface area (Å²) >= 11 is 7.20. The first-order chi connectivity index (χ1) is 22.3. The molecule has 2 saturated heterocycles. The Morgan fingerprint density at radius 3 is 2.72 bits per heavy atom. The lowest BCUT2D eigenvalue weighted by Gasteiger charge is -2.31. The van der Waals surface area contributed by atoms with Crippen molar-refractivity contribution in [3.05, 3.63) is 63.6 Å². The minimum absolute atomic E-state index is 0.0137. The van der Waals surface area contributed by atoms with Crippen LogP contribution in [0, 0.1) is 11.8 Å². The second kappa shape index (κ2) is 15.1. The van der Waals surface area contributed by atoms with E-state index < -0.39 is 24.3 Å². The monoisotopic (exact) mass is 674 g/mol. The molecule has 2 fully saturated rings. The average molecular weight is 675 g/mol. The van der Waals surface area contributed by atoms with Gasteiger partial charge >= 0.3 is 6.09 Å². The Hall–Kier alpha value is -3.20. The van der Waals surface area contributed by atoms with E-state index in [1.54, 1.807) is 0 Å². The van der Waals surface area contributed by atoms with Crippen LogP contribution in [0.2, 0.25) is 4.34 Å². The molecule has 3 aromatic rings.